The van der Waals surface area contributed by atoms with Crippen LogP contribution < -0.4 is 0 Å². The van der Waals surface area contributed by atoms with E-state index in [0.29, 0.717) is 35.5 Å². The van der Waals surface area contributed by atoms with Gasteiger partial charge < -0.3 is 9.47 Å². The molecule has 4 heteroatoms. The highest BCUT2D eigenvalue weighted by atomic mass is 16.5. The number of ether oxygens (including phenoxy) is 2. The molecule has 0 bridgehead atoms. The smallest absolute Gasteiger partial charge is 0.303 e. The van der Waals surface area contributed by atoms with Gasteiger partial charge in [-0.05, 0) is 125 Å². The lowest BCUT2D eigenvalue weighted by molar-refractivity contribution is -0.158. The third kappa shape index (κ3) is 7.05. The Morgan fingerprint density at radius 2 is 1.71 bits per heavy atom. The highest BCUT2D eigenvalue weighted by Crippen LogP contribution is 2.68. The van der Waals surface area contributed by atoms with Gasteiger partial charge in [-0.2, -0.15) is 0 Å². The first-order valence-electron chi connectivity index (χ1n) is 17.7. The maximum Gasteiger partial charge on any atom is 0.303 e. The maximum absolute atomic E-state index is 13.3. The van der Waals surface area contributed by atoms with Crippen molar-refractivity contribution in [1.82, 2.24) is 0 Å². The van der Waals surface area contributed by atoms with Gasteiger partial charge in [-0.15, -0.1) is 0 Å². The number of carbonyl (C=O) groups is 2. The van der Waals surface area contributed by atoms with Crippen LogP contribution in [-0.2, 0) is 19.1 Å². The Balaban J connectivity index is 1.54. The summed E-state index contributed by atoms with van der Waals surface area (Å²) >= 11 is 0. The van der Waals surface area contributed by atoms with Gasteiger partial charge in [0.15, 0.2) is 5.78 Å². The molecule has 240 valence electrons. The molecule has 0 aromatic heterocycles. The summed E-state index contributed by atoms with van der Waals surface area (Å²) < 4.78 is 12.4. The minimum atomic E-state index is -0.323. The Hall–Kier alpha value is -1.16. The number of Topliss-reactive ketones (excluding diaryl/α,β-unsaturated/α-hetero) is 1. The average molecular weight is 585 g/mol. The molecule has 0 aromatic rings. The van der Waals surface area contributed by atoms with Crippen LogP contribution in [0.1, 0.15) is 146 Å². The molecule has 0 N–H and O–H groups in total. The van der Waals surface area contributed by atoms with Gasteiger partial charge in [-0.25, -0.2) is 0 Å². The van der Waals surface area contributed by atoms with Gasteiger partial charge in [-0.1, -0.05) is 66.4 Å². The second-order valence-corrected chi connectivity index (χ2v) is 16.9. The van der Waals surface area contributed by atoms with E-state index in [9.17, 15) is 9.59 Å². The Morgan fingerprint density at radius 3 is 2.33 bits per heavy atom. The lowest BCUT2D eigenvalue weighted by Crippen LogP contribution is -2.55. The third-order valence-electron chi connectivity index (χ3n) is 12.4. The van der Waals surface area contributed by atoms with Crippen LogP contribution in [0.5, 0.6) is 0 Å². The molecule has 4 nitrogen and oxygen atoms in total. The molecule has 4 aliphatic rings. The largest absolute Gasteiger partial charge is 0.458 e. The van der Waals surface area contributed by atoms with Crippen molar-refractivity contribution in [2.75, 3.05) is 0 Å². The molecule has 10 atom stereocenters. The lowest BCUT2D eigenvalue weighted by atomic mass is 9.46. The summed E-state index contributed by atoms with van der Waals surface area (Å²) in [5.74, 6) is 4.34. The number of allylic oxidation sites excluding steroid dienone is 1. The summed E-state index contributed by atoms with van der Waals surface area (Å²) in [4.78, 5) is 25.8. The molecule has 4 rings (SSSR count). The number of ketones is 1. The number of fused-ring (bicyclic) bond motifs is 5. The SMILES string of the molecule is CCC(OC(C)(C)C)C(=O)CC1CC[C@@]2(C)C(=C[C@H](OC(C)=O)C3C4CCC([C@H](C)CCCC(C)C)[C@@]4(C)CCC32)C1. The molecule has 0 heterocycles. The number of hydrogen-bond acceptors (Lipinski definition) is 4. The summed E-state index contributed by atoms with van der Waals surface area (Å²) in [5, 5.41) is 0. The zero-order valence-corrected chi connectivity index (χ0v) is 28.9. The van der Waals surface area contributed by atoms with Crippen molar-refractivity contribution < 1.29 is 19.1 Å². The number of esters is 1. The zero-order valence-electron chi connectivity index (χ0n) is 28.9. The predicted molar refractivity (Wildman–Crippen MR) is 172 cm³/mol. The van der Waals surface area contributed by atoms with Gasteiger partial charge in [-0.3, -0.25) is 9.59 Å². The molecule has 42 heavy (non-hydrogen) atoms. The van der Waals surface area contributed by atoms with E-state index in [1.54, 1.807) is 6.92 Å². The standard InChI is InChI=1S/C38H64O4/c1-11-33(42-36(6,7)8)32(40)22-27-17-19-37(9)28(21-27)23-34(41-26(5)39)35-30-16-15-29(25(4)14-12-13-24(2)3)38(30,10)20-18-31(35)37/h23-25,27,29-31,33-35H,11-22H2,1-10H3/t25-,27?,29?,30?,31?,33?,34+,35?,37+,38-/m1/s1. The van der Waals surface area contributed by atoms with Crippen LogP contribution >= 0.6 is 0 Å². The predicted octanol–water partition coefficient (Wildman–Crippen LogP) is 9.74. The van der Waals surface area contributed by atoms with E-state index in [-0.39, 0.29) is 35.0 Å². The van der Waals surface area contributed by atoms with Crippen molar-refractivity contribution in [3.63, 3.8) is 0 Å². The highest BCUT2D eigenvalue weighted by molar-refractivity contribution is 5.83. The molecule has 0 aliphatic heterocycles. The summed E-state index contributed by atoms with van der Waals surface area (Å²) in [5.41, 5.74) is 1.63. The highest BCUT2D eigenvalue weighted by Gasteiger charge is 2.62. The Bertz CT molecular complexity index is 990. The van der Waals surface area contributed by atoms with Crippen LogP contribution in [0, 0.1) is 52.3 Å². The second-order valence-electron chi connectivity index (χ2n) is 16.9. The van der Waals surface area contributed by atoms with Crippen LogP contribution in [0.25, 0.3) is 0 Å². The molecule has 3 saturated carbocycles. The third-order valence-corrected chi connectivity index (χ3v) is 12.4. The Labute approximate surface area is 258 Å². The fourth-order valence-electron chi connectivity index (χ4n) is 10.4. The van der Waals surface area contributed by atoms with Gasteiger partial charge in [0.2, 0.25) is 0 Å². The molecule has 0 aromatic carbocycles. The molecular formula is C38H64O4. The zero-order chi connectivity index (χ0) is 31.0. The second kappa shape index (κ2) is 13.1. The molecule has 0 saturated heterocycles. The normalized spacial score (nSPS) is 37.7. The minimum absolute atomic E-state index is 0.128. The summed E-state index contributed by atoms with van der Waals surface area (Å²) in [6, 6.07) is 0. The number of rotatable bonds is 11. The van der Waals surface area contributed by atoms with E-state index in [1.165, 1.54) is 50.5 Å². The van der Waals surface area contributed by atoms with E-state index < -0.39 is 0 Å². The van der Waals surface area contributed by atoms with Crippen molar-refractivity contribution in [2.45, 2.75) is 164 Å². The van der Waals surface area contributed by atoms with Crippen molar-refractivity contribution in [2.24, 2.45) is 52.3 Å². The van der Waals surface area contributed by atoms with Crippen molar-refractivity contribution >= 4 is 11.8 Å². The molecule has 3 fully saturated rings. The van der Waals surface area contributed by atoms with E-state index in [4.69, 9.17) is 9.47 Å². The molecular weight excluding hydrogens is 520 g/mol. The first-order chi connectivity index (χ1) is 19.6. The molecule has 4 aliphatic carbocycles. The van der Waals surface area contributed by atoms with Crippen LogP contribution in [0.2, 0.25) is 0 Å². The first-order valence-corrected chi connectivity index (χ1v) is 17.7. The van der Waals surface area contributed by atoms with Gasteiger partial charge >= 0.3 is 5.97 Å². The summed E-state index contributed by atoms with van der Waals surface area (Å²) in [6.07, 6.45) is 15.6. The van der Waals surface area contributed by atoms with Crippen molar-refractivity contribution in [1.29, 1.82) is 0 Å². The Morgan fingerprint density at radius 1 is 1.00 bits per heavy atom. The van der Waals surface area contributed by atoms with E-state index in [2.05, 4.69) is 47.6 Å². The lowest BCUT2D eigenvalue weighted by Gasteiger charge is -2.60. The fraction of sp³-hybridized carbons (Fsp3) is 0.895. The summed E-state index contributed by atoms with van der Waals surface area (Å²) in [7, 11) is 0. The molecule has 0 spiro atoms. The van der Waals surface area contributed by atoms with Crippen LogP contribution in [0.15, 0.2) is 11.6 Å². The van der Waals surface area contributed by atoms with Crippen LogP contribution in [0.4, 0.5) is 0 Å². The topological polar surface area (TPSA) is 52.6 Å². The first kappa shape index (κ1) is 33.7. The van der Waals surface area contributed by atoms with Crippen LogP contribution in [-0.4, -0.2) is 29.6 Å². The van der Waals surface area contributed by atoms with Gasteiger partial charge in [0.05, 0.1) is 5.60 Å². The maximum atomic E-state index is 13.3. The number of hydrogen-bond donors (Lipinski definition) is 0. The molecule has 0 amide bonds. The van der Waals surface area contributed by atoms with Gasteiger partial charge in [0.1, 0.15) is 12.2 Å². The van der Waals surface area contributed by atoms with Crippen molar-refractivity contribution in [3.05, 3.63) is 11.6 Å². The number of carbonyl (C=O) groups excluding carboxylic acids is 2. The van der Waals surface area contributed by atoms with E-state index in [1.807, 2.05) is 20.8 Å². The van der Waals surface area contributed by atoms with E-state index in [0.717, 1.165) is 43.4 Å². The monoisotopic (exact) mass is 584 g/mol. The minimum Gasteiger partial charge on any atom is -0.458 e. The van der Waals surface area contributed by atoms with Crippen molar-refractivity contribution in [3.8, 4) is 0 Å². The molecule has 6 unspecified atom stereocenters. The van der Waals surface area contributed by atoms with Gasteiger partial charge in [0.25, 0.3) is 0 Å². The Kier molecular flexibility index (Phi) is 10.5. The fourth-order valence-corrected chi connectivity index (χ4v) is 10.4. The van der Waals surface area contributed by atoms with Crippen LogP contribution in [0.3, 0.4) is 0 Å². The quantitative estimate of drug-likeness (QED) is 0.179. The summed E-state index contributed by atoms with van der Waals surface area (Å²) in [6.45, 7) is 22.0. The average Bonchev–Trinajstić information content (AvgIpc) is 3.24. The van der Waals surface area contributed by atoms with Gasteiger partial charge in [0, 0.05) is 19.3 Å². The van der Waals surface area contributed by atoms with E-state index >= 15 is 0 Å². The molecule has 0 radical (unpaired) electrons.